The van der Waals surface area contributed by atoms with E-state index in [1.807, 2.05) is 6.07 Å². The molecule has 0 bridgehead atoms. The van der Waals surface area contributed by atoms with E-state index in [0.29, 0.717) is 24.2 Å². The van der Waals surface area contributed by atoms with Crippen LogP contribution in [0.25, 0.3) is 0 Å². The van der Waals surface area contributed by atoms with Crippen molar-refractivity contribution in [3.8, 4) is 0 Å². The van der Waals surface area contributed by atoms with E-state index in [1.54, 1.807) is 66.7 Å². The fourth-order valence-electron chi connectivity index (χ4n) is 3.11. The van der Waals surface area contributed by atoms with Gasteiger partial charge < -0.3 is 10.6 Å². The van der Waals surface area contributed by atoms with Gasteiger partial charge in [-0.15, -0.1) is 0 Å². The summed E-state index contributed by atoms with van der Waals surface area (Å²) in [5, 5.41) is 5.45. The fourth-order valence-corrected chi connectivity index (χ4v) is 3.11. The fraction of sp³-hybridized carbons (Fsp3) is 0.160. The first-order chi connectivity index (χ1) is 15.0. The predicted molar refractivity (Wildman–Crippen MR) is 117 cm³/mol. The molecule has 1 atom stereocenters. The number of carbonyl (C=O) groups is 3. The van der Waals surface area contributed by atoms with Gasteiger partial charge in [0.25, 0.3) is 0 Å². The maximum atomic E-state index is 13.0. The van der Waals surface area contributed by atoms with Gasteiger partial charge in [0.1, 0.15) is 11.7 Å². The summed E-state index contributed by atoms with van der Waals surface area (Å²) in [6.07, 6.45) is 0.245. The molecule has 0 aliphatic rings. The van der Waals surface area contributed by atoms with Crippen molar-refractivity contribution >= 4 is 23.3 Å². The van der Waals surface area contributed by atoms with Crippen molar-refractivity contribution in [2.45, 2.75) is 12.8 Å². The Morgan fingerprint density at radius 2 is 1.42 bits per heavy atom. The summed E-state index contributed by atoms with van der Waals surface area (Å²) in [6.45, 7) is 0.316. The Morgan fingerprint density at radius 3 is 2.06 bits per heavy atom. The molecule has 158 valence electrons. The highest BCUT2D eigenvalue weighted by atomic mass is 19.1. The molecule has 2 amide bonds. The number of para-hydroxylation sites is 1. The van der Waals surface area contributed by atoms with Crippen molar-refractivity contribution in [1.82, 2.24) is 5.32 Å². The van der Waals surface area contributed by atoms with Crippen LogP contribution in [-0.2, 0) is 16.0 Å². The molecule has 3 aromatic carbocycles. The molecule has 2 N–H and O–H groups in total. The molecule has 31 heavy (non-hydrogen) atoms. The van der Waals surface area contributed by atoms with Crippen LogP contribution < -0.4 is 10.6 Å². The van der Waals surface area contributed by atoms with Gasteiger partial charge in [0.2, 0.25) is 11.8 Å². The van der Waals surface area contributed by atoms with E-state index in [2.05, 4.69) is 10.6 Å². The summed E-state index contributed by atoms with van der Waals surface area (Å²) in [7, 11) is 0. The van der Waals surface area contributed by atoms with E-state index < -0.39 is 23.5 Å². The number of hydrogen-bond donors (Lipinski definition) is 2. The van der Waals surface area contributed by atoms with Crippen molar-refractivity contribution in [1.29, 1.82) is 0 Å². The molecule has 0 fully saturated rings. The van der Waals surface area contributed by atoms with Crippen LogP contribution >= 0.6 is 0 Å². The SMILES string of the molecule is O=C(C[C@H](C(=O)Nc1ccccc1)C(=O)c1ccccc1)NCCc1ccc(F)cc1. The van der Waals surface area contributed by atoms with Gasteiger partial charge in [0.05, 0.1) is 0 Å². The van der Waals surface area contributed by atoms with Gasteiger partial charge in [-0.3, -0.25) is 14.4 Å². The molecule has 3 aromatic rings. The Kier molecular flexibility index (Phi) is 7.65. The third kappa shape index (κ3) is 6.60. The van der Waals surface area contributed by atoms with Crippen LogP contribution in [0.4, 0.5) is 10.1 Å². The minimum absolute atomic E-state index is 0.268. The Bertz CT molecular complexity index is 1020. The predicted octanol–water partition coefficient (Wildman–Crippen LogP) is 4.01. The van der Waals surface area contributed by atoms with E-state index in [9.17, 15) is 18.8 Å². The molecule has 0 aliphatic carbocycles. The first-order valence-electron chi connectivity index (χ1n) is 9.99. The van der Waals surface area contributed by atoms with E-state index in [1.165, 1.54) is 12.1 Å². The van der Waals surface area contributed by atoms with Gasteiger partial charge >= 0.3 is 0 Å². The maximum Gasteiger partial charge on any atom is 0.235 e. The molecule has 0 aromatic heterocycles. The van der Waals surface area contributed by atoms with Gasteiger partial charge in [-0.05, 0) is 36.2 Å². The molecule has 5 nitrogen and oxygen atoms in total. The van der Waals surface area contributed by atoms with Crippen molar-refractivity contribution in [2.24, 2.45) is 5.92 Å². The Hall–Kier alpha value is -3.80. The molecule has 0 heterocycles. The summed E-state index contributed by atoms with van der Waals surface area (Å²) in [5.74, 6) is -2.83. The summed E-state index contributed by atoms with van der Waals surface area (Å²) in [6, 6.07) is 23.2. The molecule has 0 saturated carbocycles. The van der Waals surface area contributed by atoms with Gasteiger partial charge in [0.15, 0.2) is 5.78 Å². The standard InChI is InChI=1S/C25H23FN2O3/c26-20-13-11-18(12-14-20)15-16-27-23(29)17-22(24(30)19-7-3-1-4-8-19)25(31)28-21-9-5-2-6-10-21/h1-14,22H,15-17H2,(H,27,29)(H,28,31)/t22-/m0/s1. The molecule has 0 unspecified atom stereocenters. The number of carbonyl (C=O) groups excluding carboxylic acids is 3. The molecule has 0 spiro atoms. The van der Waals surface area contributed by atoms with Crippen LogP contribution in [0.2, 0.25) is 0 Å². The number of Topliss-reactive ketones (excluding diaryl/α,β-unsaturated/α-hetero) is 1. The van der Waals surface area contributed by atoms with E-state index in [4.69, 9.17) is 0 Å². The summed E-state index contributed by atoms with van der Waals surface area (Å²) in [4.78, 5) is 38.3. The number of halogens is 1. The molecule has 0 aliphatic heterocycles. The van der Waals surface area contributed by atoms with E-state index >= 15 is 0 Å². The largest absolute Gasteiger partial charge is 0.356 e. The van der Waals surface area contributed by atoms with Crippen molar-refractivity contribution in [2.75, 3.05) is 11.9 Å². The zero-order valence-corrected chi connectivity index (χ0v) is 16.9. The van der Waals surface area contributed by atoms with Crippen LogP contribution in [0.5, 0.6) is 0 Å². The molecule has 0 radical (unpaired) electrons. The number of rotatable bonds is 9. The normalized spacial score (nSPS) is 11.4. The highest BCUT2D eigenvalue weighted by molar-refractivity contribution is 6.15. The monoisotopic (exact) mass is 418 g/mol. The highest BCUT2D eigenvalue weighted by Gasteiger charge is 2.30. The average molecular weight is 418 g/mol. The van der Waals surface area contributed by atoms with Gasteiger partial charge in [-0.25, -0.2) is 4.39 Å². The highest BCUT2D eigenvalue weighted by Crippen LogP contribution is 2.16. The third-order valence-electron chi connectivity index (χ3n) is 4.77. The summed E-state index contributed by atoms with van der Waals surface area (Å²) in [5.41, 5.74) is 1.80. The molecule has 3 rings (SSSR count). The van der Waals surface area contributed by atoms with Crippen LogP contribution in [0.15, 0.2) is 84.9 Å². The first kappa shape index (κ1) is 21.9. The van der Waals surface area contributed by atoms with Gasteiger partial charge in [-0.1, -0.05) is 60.7 Å². The lowest BCUT2D eigenvalue weighted by Gasteiger charge is -2.16. The molecule has 6 heteroatoms. The Morgan fingerprint density at radius 1 is 0.806 bits per heavy atom. The lowest BCUT2D eigenvalue weighted by molar-refractivity contribution is -0.126. The molecular formula is C25H23FN2O3. The molecular weight excluding hydrogens is 395 g/mol. The number of anilines is 1. The smallest absolute Gasteiger partial charge is 0.235 e. The average Bonchev–Trinajstić information content (AvgIpc) is 2.79. The first-order valence-corrected chi connectivity index (χ1v) is 9.99. The summed E-state index contributed by atoms with van der Waals surface area (Å²) >= 11 is 0. The number of nitrogens with one attached hydrogen (secondary N) is 2. The Labute approximate surface area is 180 Å². The number of amides is 2. The van der Waals surface area contributed by atoms with E-state index in [0.717, 1.165) is 5.56 Å². The zero-order valence-electron chi connectivity index (χ0n) is 16.9. The number of benzene rings is 3. The maximum absolute atomic E-state index is 13.0. The third-order valence-corrected chi connectivity index (χ3v) is 4.77. The quantitative estimate of drug-likeness (QED) is 0.407. The second-order valence-electron chi connectivity index (χ2n) is 7.07. The second-order valence-corrected chi connectivity index (χ2v) is 7.07. The second kappa shape index (κ2) is 10.8. The minimum atomic E-state index is -1.16. The minimum Gasteiger partial charge on any atom is -0.356 e. The van der Waals surface area contributed by atoms with Crippen LogP contribution in [0.3, 0.4) is 0 Å². The number of hydrogen-bond acceptors (Lipinski definition) is 3. The van der Waals surface area contributed by atoms with Crippen LogP contribution in [-0.4, -0.2) is 24.1 Å². The van der Waals surface area contributed by atoms with Crippen molar-refractivity contribution < 1.29 is 18.8 Å². The van der Waals surface area contributed by atoms with Crippen molar-refractivity contribution in [3.05, 3.63) is 102 Å². The Balaban J connectivity index is 1.65. The number of ketones is 1. The van der Waals surface area contributed by atoms with Gasteiger partial charge in [-0.2, -0.15) is 0 Å². The van der Waals surface area contributed by atoms with Crippen LogP contribution in [0, 0.1) is 11.7 Å². The van der Waals surface area contributed by atoms with Crippen molar-refractivity contribution in [3.63, 3.8) is 0 Å². The summed E-state index contributed by atoms with van der Waals surface area (Å²) < 4.78 is 13.0. The lowest BCUT2D eigenvalue weighted by atomic mass is 9.93. The lowest BCUT2D eigenvalue weighted by Crippen LogP contribution is -2.36. The zero-order chi connectivity index (χ0) is 22.1. The van der Waals surface area contributed by atoms with Gasteiger partial charge in [0, 0.05) is 24.2 Å². The van der Waals surface area contributed by atoms with E-state index in [-0.39, 0.29) is 12.2 Å². The van der Waals surface area contributed by atoms with Crippen LogP contribution in [0.1, 0.15) is 22.3 Å². The molecule has 0 saturated heterocycles. The topological polar surface area (TPSA) is 75.3 Å².